The molecule has 1 aliphatic heterocycles. The molecule has 0 aromatic carbocycles. The predicted molar refractivity (Wildman–Crippen MR) is 65.1 cm³/mol. The molecule has 0 aliphatic carbocycles. The number of carbonyl (C=O) groups excluding carboxylic acids is 1. The van der Waals surface area contributed by atoms with Crippen molar-refractivity contribution in [3.05, 3.63) is 12.7 Å². The lowest BCUT2D eigenvalue weighted by Gasteiger charge is -2.36. The molecule has 1 fully saturated rings. The van der Waals surface area contributed by atoms with Gasteiger partial charge in [-0.15, -0.1) is 6.58 Å². The molecule has 0 N–H and O–H groups in total. The molecule has 0 bridgehead atoms. The van der Waals surface area contributed by atoms with Crippen LogP contribution in [0.2, 0.25) is 0 Å². The number of hydrogen-bond acceptors (Lipinski definition) is 4. The summed E-state index contributed by atoms with van der Waals surface area (Å²) >= 11 is 0. The fourth-order valence-electron chi connectivity index (χ4n) is 2.27. The van der Waals surface area contributed by atoms with Gasteiger partial charge in [0.2, 0.25) is 0 Å². The smallest absolute Gasteiger partial charge is 0.323 e. The largest absolute Gasteiger partial charge is 0.465 e. The van der Waals surface area contributed by atoms with Crippen molar-refractivity contribution in [1.82, 2.24) is 4.90 Å². The fraction of sp³-hybridized carbons (Fsp3) is 0.692. The van der Waals surface area contributed by atoms with E-state index >= 15 is 0 Å². The maximum atomic E-state index is 11.9. The summed E-state index contributed by atoms with van der Waals surface area (Å²) in [5.41, 5.74) is 0. The minimum atomic E-state index is -0.208. The van der Waals surface area contributed by atoms with Gasteiger partial charge in [-0.05, 0) is 32.2 Å². The molecule has 0 aromatic heterocycles. The molecule has 0 radical (unpaired) electrons. The van der Waals surface area contributed by atoms with Crippen LogP contribution in [0.3, 0.4) is 0 Å². The minimum absolute atomic E-state index is 0.169. The lowest BCUT2D eigenvalue weighted by Crippen LogP contribution is -2.47. The quantitative estimate of drug-likeness (QED) is 0.539. The van der Waals surface area contributed by atoms with Crippen molar-refractivity contribution in [2.24, 2.45) is 5.92 Å². The Labute approximate surface area is 103 Å². The average Bonchev–Trinajstić information content (AvgIpc) is 2.32. The van der Waals surface area contributed by atoms with E-state index in [0.717, 1.165) is 19.4 Å². The Kier molecular flexibility index (Phi) is 5.71. The van der Waals surface area contributed by atoms with Gasteiger partial charge in [-0.25, -0.2) is 0 Å². The molecule has 0 amide bonds. The maximum Gasteiger partial charge on any atom is 0.323 e. The van der Waals surface area contributed by atoms with Gasteiger partial charge in [0.15, 0.2) is 0 Å². The van der Waals surface area contributed by atoms with E-state index in [1.54, 1.807) is 6.08 Å². The zero-order valence-corrected chi connectivity index (χ0v) is 10.4. The van der Waals surface area contributed by atoms with Gasteiger partial charge in [-0.2, -0.15) is 5.26 Å². The number of likely N-dealkylation sites (tertiary alicyclic amines) is 1. The molecule has 0 spiro atoms. The van der Waals surface area contributed by atoms with Crippen molar-refractivity contribution < 1.29 is 9.53 Å². The minimum Gasteiger partial charge on any atom is -0.465 e. The van der Waals surface area contributed by atoms with E-state index in [0.29, 0.717) is 25.5 Å². The van der Waals surface area contributed by atoms with Crippen molar-refractivity contribution in [2.75, 3.05) is 19.7 Å². The third-order valence-electron chi connectivity index (χ3n) is 3.12. The number of hydrogen-bond donors (Lipinski definition) is 0. The average molecular weight is 236 g/mol. The first-order valence-electron chi connectivity index (χ1n) is 6.11. The summed E-state index contributed by atoms with van der Waals surface area (Å²) in [4.78, 5) is 13.9. The van der Waals surface area contributed by atoms with Crippen molar-refractivity contribution in [3.8, 4) is 6.07 Å². The van der Waals surface area contributed by atoms with Crippen LogP contribution < -0.4 is 0 Å². The highest BCUT2D eigenvalue weighted by Crippen LogP contribution is 2.25. The molecule has 4 heteroatoms. The first kappa shape index (κ1) is 13.7. The molecule has 1 aliphatic rings. The summed E-state index contributed by atoms with van der Waals surface area (Å²) in [6, 6.07) is 1.98. The molecule has 17 heavy (non-hydrogen) atoms. The summed E-state index contributed by atoms with van der Waals surface area (Å²) in [6.45, 7) is 7.45. The van der Waals surface area contributed by atoms with E-state index in [1.165, 1.54) is 0 Å². The number of ether oxygens (including phenoxy) is 1. The SMILES string of the molecule is C=CCN1CC[C@@H](CC#N)C[C@@H]1C(=O)OCC. The normalized spacial score (nSPS) is 24.9. The molecule has 1 rings (SSSR count). The Bertz CT molecular complexity index is 309. The standard InChI is InChI=1S/C13H20N2O2/c1-3-8-15-9-6-11(5-7-14)10-12(15)13(16)17-4-2/h3,11-12H,1,4-6,8-10H2,2H3/t11-,12-/m1/s1. The molecular weight excluding hydrogens is 216 g/mol. The second-order valence-corrected chi connectivity index (χ2v) is 4.30. The van der Waals surface area contributed by atoms with E-state index in [4.69, 9.17) is 10.00 Å². The van der Waals surface area contributed by atoms with E-state index in [1.807, 2.05) is 6.92 Å². The maximum absolute atomic E-state index is 11.9. The first-order valence-corrected chi connectivity index (χ1v) is 6.11. The molecule has 1 heterocycles. The van der Waals surface area contributed by atoms with Crippen LogP contribution in [0.15, 0.2) is 12.7 Å². The van der Waals surface area contributed by atoms with Gasteiger partial charge in [0.1, 0.15) is 6.04 Å². The van der Waals surface area contributed by atoms with E-state index in [-0.39, 0.29) is 12.0 Å². The lowest BCUT2D eigenvalue weighted by atomic mass is 9.88. The number of carbonyl (C=O) groups is 1. The Morgan fingerprint density at radius 3 is 3.06 bits per heavy atom. The molecule has 0 saturated carbocycles. The molecule has 4 nitrogen and oxygen atoms in total. The second kappa shape index (κ2) is 7.08. The van der Waals surface area contributed by atoms with Crippen LogP contribution >= 0.6 is 0 Å². The molecule has 1 saturated heterocycles. The first-order chi connectivity index (χ1) is 8.22. The van der Waals surface area contributed by atoms with Crippen molar-refractivity contribution in [1.29, 1.82) is 5.26 Å². The molecule has 2 atom stereocenters. The van der Waals surface area contributed by atoms with Crippen molar-refractivity contribution in [2.45, 2.75) is 32.2 Å². The highest BCUT2D eigenvalue weighted by molar-refractivity contribution is 5.76. The number of esters is 1. The van der Waals surface area contributed by atoms with Crippen LogP contribution in [0.4, 0.5) is 0 Å². The Balaban J connectivity index is 2.65. The van der Waals surface area contributed by atoms with Gasteiger partial charge >= 0.3 is 5.97 Å². The Morgan fingerprint density at radius 2 is 2.47 bits per heavy atom. The van der Waals surface area contributed by atoms with E-state index in [9.17, 15) is 4.79 Å². The lowest BCUT2D eigenvalue weighted by molar-refractivity contribution is -0.151. The van der Waals surface area contributed by atoms with Crippen LogP contribution in [-0.2, 0) is 9.53 Å². The third-order valence-corrected chi connectivity index (χ3v) is 3.12. The number of rotatable bonds is 5. The van der Waals surface area contributed by atoms with Crippen molar-refractivity contribution in [3.63, 3.8) is 0 Å². The summed E-state index contributed by atoms with van der Waals surface area (Å²) in [5, 5.41) is 8.72. The zero-order valence-electron chi connectivity index (χ0n) is 10.4. The predicted octanol–water partition coefficient (Wildman–Crippen LogP) is 1.73. The van der Waals surface area contributed by atoms with E-state index in [2.05, 4.69) is 17.5 Å². The van der Waals surface area contributed by atoms with Gasteiger partial charge in [-0.1, -0.05) is 6.08 Å². The van der Waals surface area contributed by atoms with Crippen LogP contribution in [0.1, 0.15) is 26.2 Å². The molecular formula is C13H20N2O2. The monoisotopic (exact) mass is 236 g/mol. The van der Waals surface area contributed by atoms with Crippen LogP contribution in [0.5, 0.6) is 0 Å². The summed E-state index contributed by atoms with van der Waals surface area (Å²) < 4.78 is 5.09. The van der Waals surface area contributed by atoms with Crippen molar-refractivity contribution >= 4 is 5.97 Å². The highest BCUT2D eigenvalue weighted by atomic mass is 16.5. The number of piperidine rings is 1. The topological polar surface area (TPSA) is 53.3 Å². The van der Waals surface area contributed by atoms with Gasteiger partial charge in [0.05, 0.1) is 12.7 Å². The summed E-state index contributed by atoms with van der Waals surface area (Å²) in [6.07, 6.45) is 4.02. The molecule has 94 valence electrons. The Hall–Kier alpha value is -1.34. The van der Waals surface area contributed by atoms with Crippen LogP contribution in [0, 0.1) is 17.2 Å². The van der Waals surface area contributed by atoms with Gasteiger partial charge < -0.3 is 4.74 Å². The summed E-state index contributed by atoms with van der Waals surface area (Å²) in [5.74, 6) is 0.146. The van der Waals surface area contributed by atoms with Crippen LogP contribution in [0.25, 0.3) is 0 Å². The second-order valence-electron chi connectivity index (χ2n) is 4.30. The fourth-order valence-corrected chi connectivity index (χ4v) is 2.27. The summed E-state index contributed by atoms with van der Waals surface area (Å²) in [7, 11) is 0. The van der Waals surface area contributed by atoms with E-state index < -0.39 is 0 Å². The number of nitriles is 1. The van der Waals surface area contributed by atoms with Gasteiger partial charge in [-0.3, -0.25) is 9.69 Å². The highest BCUT2D eigenvalue weighted by Gasteiger charge is 2.33. The molecule has 0 aromatic rings. The zero-order chi connectivity index (χ0) is 12.7. The Morgan fingerprint density at radius 1 is 1.71 bits per heavy atom. The third kappa shape index (κ3) is 3.86. The van der Waals surface area contributed by atoms with Gasteiger partial charge in [0.25, 0.3) is 0 Å². The molecule has 0 unspecified atom stereocenters. The van der Waals surface area contributed by atoms with Gasteiger partial charge in [0, 0.05) is 13.0 Å². The van der Waals surface area contributed by atoms with Crippen LogP contribution in [-0.4, -0.2) is 36.6 Å². The number of nitrogens with zero attached hydrogens (tertiary/aromatic N) is 2.